The summed E-state index contributed by atoms with van der Waals surface area (Å²) in [6, 6.07) is 61.7. The average molecular weight is 732 g/mol. The van der Waals surface area contributed by atoms with E-state index in [1.165, 1.54) is 22.5 Å². The maximum Gasteiger partial charge on any atom is 0.238 e. The van der Waals surface area contributed by atoms with Gasteiger partial charge in [0.25, 0.3) is 0 Å². The Kier molecular flexibility index (Phi) is 6.95. The normalized spacial score (nSPS) is 15.6. The average Bonchev–Trinajstić information content (AvgIpc) is 3.94. The molecule has 0 N–H and O–H groups in total. The van der Waals surface area contributed by atoms with Gasteiger partial charge in [0.05, 0.1) is 17.1 Å². The fourth-order valence-corrected chi connectivity index (χ4v) is 9.12. The van der Waals surface area contributed by atoms with Crippen LogP contribution in [0.1, 0.15) is 22.8 Å². The lowest BCUT2D eigenvalue weighted by molar-refractivity contribution is 0.584. The fraction of sp³-hybridized carbons (Fsp3) is 0.0392. The van der Waals surface area contributed by atoms with Crippen molar-refractivity contribution >= 4 is 50.2 Å². The molecule has 1 aliphatic carbocycles. The monoisotopic (exact) mass is 731 g/mol. The summed E-state index contributed by atoms with van der Waals surface area (Å²) in [4.78, 5) is 18.2. The van der Waals surface area contributed by atoms with Gasteiger partial charge < -0.3 is 9.32 Å². The van der Waals surface area contributed by atoms with Crippen LogP contribution in [0.2, 0.25) is 0 Å². The smallest absolute Gasteiger partial charge is 0.238 e. The molecule has 7 aromatic carbocycles. The zero-order chi connectivity index (χ0) is 37.5. The molecule has 12 rings (SSSR count). The van der Waals surface area contributed by atoms with Crippen molar-refractivity contribution in [2.75, 3.05) is 4.90 Å². The van der Waals surface area contributed by atoms with Crippen molar-refractivity contribution in [3.05, 3.63) is 199 Å². The van der Waals surface area contributed by atoms with Crippen molar-refractivity contribution in [3.8, 4) is 39.9 Å². The van der Waals surface area contributed by atoms with E-state index in [-0.39, 0.29) is 12.0 Å². The lowest BCUT2D eigenvalue weighted by Gasteiger charge is -2.30. The number of para-hydroxylation sites is 4. The zero-order valence-electron chi connectivity index (χ0n) is 30.7. The van der Waals surface area contributed by atoms with Crippen LogP contribution >= 0.6 is 0 Å². The minimum absolute atomic E-state index is 0.0840. The molecule has 0 fully saturated rings. The number of fused-ring (bicyclic) bond motifs is 10. The number of rotatable bonds is 5. The van der Waals surface area contributed by atoms with Crippen molar-refractivity contribution in [1.82, 2.24) is 19.5 Å². The summed E-state index contributed by atoms with van der Waals surface area (Å²) in [5.74, 6) is 2.75. The maximum absolute atomic E-state index is 6.61. The summed E-state index contributed by atoms with van der Waals surface area (Å²) in [7, 11) is 0. The molecule has 57 heavy (non-hydrogen) atoms. The minimum Gasteiger partial charge on any atom is -0.456 e. The predicted octanol–water partition coefficient (Wildman–Crippen LogP) is 12.4. The molecule has 3 aromatic heterocycles. The third-order valence-electron chi connectivity index (χ3n) is 11.6. The molecule has 2 unspecified atom stereocenters. The summed E-state index contributed by atoms with van der Waals surface area (Å²) in [5.41, 5.74) is 11.9. The van der Waals surface area contributed by atoms with Gasteiger partial charge in [0.1, 0.15) is 11.3 Å². The van der Waals surface area contributed by atoms with Crippen LogP contribution in [0.4, 0.5) is 11.4 Å². The van der Waals surface area contributed by atoms with Crippen molar-refractivity contribution in [2.45, 2.75) is 12.0 Å². The van der Waals surface area contributed by atoms with Gasteiger partial charge in [-0.1, -0.05) is 127 Å². The number of aromatic nitrogens is 4. The summed E-state index contributed by atoms with van der Waals surface area (Å²) in [5, 5.41) is 3.37. The highest BCUT2D eigenvalue weighted by molar-refractivity contribution is 6.09. The van der Waals surface area contributed by atoms with Crippen LogP contribution in [0.15, 0.2) is 186 Å². The van der Waals surface area contributed by atoms with Gasteiger partial charge in [-0.25, -0.2) is 4.98 Å². The largest absolute Gasteiger partial charge is 0.456 e. The molecular weight excluding hydrogens is 699 g/mol. The zero-order valence-corrected chi connectivity index (χ0v) is 30.7. The molecular formula is C51H33N5O. The Labute approximate surface area is 328 Å². The van der Waals surface area contributed by atoms with E-state index >= 15 is 0 Å². The number of benzene rings is 7. The lowest BCUT2D eigenvalue weighted by Crippen LogP contribution is -2.30. The third kappa shape index (κ3) is 4.94. The molecule has 2 atom stereocenters. The van der Waals surface area contributed by atoms with Crippen molar-refractivity contribution in [3.63, 3.8) is 0 Å². The second-order valence-corrected chi connectivity index (χ2v) is 14.8. The molecule has 6 nitrogen and oxygen atoms in total. The number of nitrogens with zero attached hydrogens (tertiary/aromatic N) is 5. The Morgan fingerprint density at radius 3 is 1.89 bits per heavy atom. The molecule has 6 heteroatoms. The Bertz CT molecular complexity index is 3160. The van der Waals surface area contributed by atoms with Crippen molar-refractivity contribution < 1.29 is 4.42 Å². The highest BCUT2D eigenvalue weighted by Gasteiger charge is 2.43. The van der Waals surface area contributed by atoms with Gasteiger partial charge in [-0.2, -0.15) is 9.97 Å². The van der Waals surface area contributed by atoms with Gasteiger partial charge in [-0.3, -0.25) is 4.57 Å². The summed E-state index contributed by atoms with van der Waals surface area (Å²) < 4.78 is 8.78. The van der Waals surface area contributed by atoms with E-state index in [1.807, 2.05) is 6.07 Å². The first kappa shape index (κ1) is 31.7. The maximum atomic E-state index is 6.61. The van der Waals surface area contributed by atoms with E-state index in [0.717, 1.165) is 60.8 Å². The molecule has 0 saturated carbocycles. The molecule has 0 spiro atoms. The van der Waals surface area contributed by atoms with Crippen LogP contribution in [0.3, 0.4) is 0 Å². The van der Waals surface area contributed by atoms with Crippen LogP contribution in [0.5, 0.6) is 0 Å². The molecule has 10 aromatic rings. The first-order chi connectivity index (χ1) is 28.3. The second kappa shape index (κ2) is 12.5. The Balaban J connectivity index is 1.06. The van der Waals surface area contributed by atoms with Crippen molar-refractivity contribution in [1.29, 1.82) is 0 Å². The molecule has 2 aliphatic rings. The first-order valence-electron chi connectivity index (χ1n) is 19.4. The molecule has 1 aliphatic heterocycles. The number of hydrogen-bond acceptors (Lipinski definition) is 5. The Morgan fingerprint density at radius 2 is 1.12 bits per heavy atom. The van der Waals surface area contributed by atoms with Crippen LogP contribution in [-0.4, -0.2) is 25.6 Å². The fourth-order valence-electron chi connectivity index (χ4n) is 9.12. The van der Waals surface area contributed by atoms with Gasteiger partial charge >= 0.3 is 0 Å². The van der Waals surface area contributed by atoms with E-state index in [9.17, 15) is 0 Å². The number of hydrogen-bond donors (Lipinski definition) is 0. The standard InChI is InChI=1S/C51H33N5O/c1-3-14-32(15-4-1)33-16-13-17-34(30-33)49-52-50(54-51(53-49)56-41-23-10-7-20-37(41)38-21-8-11-24-42(38)56)35-26-28-45-40(31-35)48-46(57-45)29-27-44-47(48)39-22-9-12-25-43(39)55(44)36-18-5-2-6-19-36/h1-31,44,47H. The highest BCUT2D eigenvalue weighted by atomic mass is 16.3. The van der Waals surface area contributed by atoms with E-state index in [2.05, 4.69) is 191 Å². The summed E-state index contributed by atoms with van der Waals surface area (Å²) in [6.45, 7) is 0. The van der Waals surface area contributed by atoms with Gasteiger partial charge in [0.15, 0.2) is 11.6 Å². The molecule has 0 bridgehead atoms. The highest BCUT2D eigenvalue weighted by Crippen LogP contribution is 2.53. The summed E-state index contributed by atoms with van der Waals surface area (Å²) >= 11 is 0. The molecule has 4 heterocycles. The lowest BCUT2D eigenvalue weighted by atomic mass is 9.82. The first-order valence-corrected chi connectivity index (χ1v) is 19.4. The topological polar surface area (TPSA) is 60.0 Å². The van der Waals surface area contributed by atoms with Gasteiger partial charge in [0, 0.05) is 50.1 Å². The van der Waals surface area contributed by atoms with E-state index in [1.54, 1.807) is 0 Å². The molecule has 0 saturated heterocycles. The van der Waals surface area contributed by atoms with E-state index < -0.39 is 0 Å². The SMILES string of the molecule is C1=CC2C(c3ccccc3N2c2ccccc2)c2c1oc1ccc(-c3nc(-c4cccc(-c5ccccc5)c4)nc(-n4c5ccccc5c5ccccc54)n3)cc21. The van der Waals surface area contributed by atoms with Crippen molar-refractivity contribution in [2.24, 2.45) is 0 Å². The molecule has 0 radical (unpaired) electrons. The Morgan fingerprint density at radius 1 is 0.491 bits per heavy atom. The Hall–Kier alpha value is -7.57. The third-order valence-corrected chi connectivity index (χ3v) is 11.6. The minimum atomic E-state index is 0.0840. The molecule has 268 valence electrons. The van der Waals surface area contributed by atoms with E-state index in [0.29, 0.717) is 17.6 Å². The van der Waals surface area contributed by atoms with Crippen LogP contribution in [-0.2, 0) is 0 Å². The van der Waals surface area contributed by atoms with E-state index in [4.69, 9.17) is 19.4 Å². The predicted molar refractivity (Wildman–Crippen MR) is 230 cm³/mol. The quantitative estimate of drug-likeness (QED) is 0.176. The molecule has 0 amide bonds. The number of furan rings is 1. The number of anilines is 2. The van der Waals surface area contributed by atoms with Crippen LogP contribution in [0, 0.1) is 0 Å². The second-order valence-electron chi connectivity index (χ2n) is 14.8. The van der Waals surface area contributed by atoms with Gasteiger partial charge in [-0.05, 0) is 77.4 Å². The van der Waals surface area contributed by atoms with Crippen LogP contribution < -0.4 is 4.90 Å². The van der Waals surface area contributed by atoms with Gasteiger partial charge in [0.2, 0.25) is 5.95 Å². The van der Waals surface area contributed by atoms with Gasteiger partial charge in [-0.15, -0.1) is 0 Å². The van der Waals surface area contributed by atoms with Crippen LogP contribution in [0.25, 0.3) is 78.7 Å². The summed E-state index contributed by atoms with van der Waals surface area (Å²) in [6.07, 6.45) is 4.45.